The quantitative estimate of drug-likeness (QED) is 0.941. The van der Waals surface area contributed by atoms with Crippen LogP contribution in [0, 0.1) is 11.9 Å². The lowest BCUT2D eigenvalue weighted by Gasteiger charge is -2.09. The van der Waals surface area contributed by atoms with Crippen molar-refractivity contribution in [2.45, 2.75) is 4.90 Å². The highest BCUT2D eigenvalue weighted by atomic mass is 35.5. The summed E-state index contributed by atoms with van der Waals surface area (Å²) in [5.41, 5.74) is 0.225. The summed E-state index contributed by atoms with van der Waals surface area (Å²) < 4.78 is 39.0. The Bertz CT molecular complexity index is 656. The van der Waals surface area contributed by atoms with Gasteiger partial charge in [0.05, 0.1) is 15.6 Å². The number of hydrogen-bond donors (Lipinski definition) is 1. The highest BCUT2D eigenvalue weighted by molar-refractivity contribution is 7.92. The number of rotatable bonds is 3. The Labute approximate surface area is 109 Å². The molecule has 93 valence electrons. The molecule has 2 aromatic rings. The van der Waals surface area contributed by atoms with E-state index in [1.54, 1.807) is 6.07 Å². The molecule has 0 aliphatic rings. The van der Waals surface area contributed by atoms with Crippen LogP contribution in [0.5, 0.6) is 0 Å². The fourth-order valence-electron chi connectivity index (χ4n) is 1.31. The van der Waals surface area contributed by atoms with Crippen molar-refractivity contribution in [3.05, 3.63) is 59.4 Å². The number of benzene rings is 2. The van der Waals surface area contributed by atoms with E-state index < -0.39 is 15.8 Å². The van der Waals surface area contributed by atoms with Crippen molar-refractivity contribution in [2.24, 2.45) is 0 Å². The minimum Gasteiger partial charge on any atom is -0.278 e. The SMILES string of the molecule is O=S(=O)(Nc1c[c]ccc1Cl)c1ccc(F)cc1. The van der Waals surface area contributed by atoms with E-state index in [2.05, 4.69) is 10.8 Å². The van der Waals surface area contributed by atoms with Crippen LogP contribution in [-0.4, -0.2) is 8.42 Å². The molecule has 0 fully saturated rings. The van der Waals surface area contributed by atoms with E-state index in [9.17, 15) is 12.8 Å². The van der Waals surface area contributed by atoms with Crippen molar-refractivity contribution < 1.29 is 12.8 Å². The molecule has 0 saturated heterocycles. The van der Waals surface area contributed by atoms with Crippen LogP contribution in [-0.2, 0) is 10.0 Å². The van der Waals surface area contributed by atoms with Crippen LogP contribution < -0.4 is 4.72 Å². The van der Waals surface area contributed by atoms with Crippen LogP contribution in [0.15, 0.2) is 47.4 Å². The third kappa shape index (κ3) is 2.80. The van der Waals surface area contributed by atoms with Crippen molar-refractivity contribution in [3.8, 4) is 0 Å². The maximum absolute atomic E-state index is 12.7. The van der Waals surface area contributed by atoms with Gasteiger partial charge in [0.15, 0.2) is 0 Å². The third-order valence-electron chi connectivity index (χ3n) is 2.18. The van der Waals surface area contributed by atoms with Gasteiger partial charge in [-0.05, 0) is 42.5 Å². The Balaban J connectivity index is 2.33. The third-order valence-corrected chi connectivity index (χ3v) is 3.89. The number of nitrogens with one attached hydrogen (secondary N) is 1. The zero-order chi connectivity index (χ0) is 13.2. The van der Waals surface area contributed by atoms with Crippen LogP contribution in [0.3, 0.4) is 0 Å². The summed E-state index contributed by atoms with van der Waals surface area (Å²) in [5, 5.41) is 0.263. The molecule has 0 aromatic heterocycles. The van der Waals surface area contributed by atoms with Gasteiger partial charge in [0.2, 0.25) is 0 Å². The first-order valence-corrected chi connectivity index (χ1v) is 6.79. The molecule has 0 saturated carbocycles. The minimum atomic E-state index is -3.77. The smallest absolute Gasteiger partial charge is 0.261 e. The topological polar surface area (TPSA) is 46.2 Å². The van der Waals surface area contributed by atoms with E-state index >= 15 is 0 Å². The average molecular weight is 285 g/mol. The predicted octanol–water partition coefficient (Wildman–Crippen LogP) is 3.08. The van der Waals surface area contributed by atoms with Gasteiger partial charge < -0.3 is 0 Å². The highest BCUT2D eigenvalue weighted by Crippen LogP contribution is 2.23. The molecule has 0 heterocycles. The van der Waals surface area contributed by atoms with E-state index in [1.165, 1.54) is 24.3 Å². The van der Waals surface area contributed by atoms with Crippen LogP contribution in [0.25, 0.3) is 0 Å². The first-order chi connectivity index (χ1) is 8.49. The van der Waals surface area contributed by atoms with Crippen molar-refractivity contribution in [3.63, 3.8) is 0 Å². The summed E-state index contributed by atoms with van der Waals surface area (Å²) >= 11 is 5.84. The van der Waals surface area contributed by atoms with Crippen molar-refractivity contribution >= 4 is 27.3 Å². The molecular formula is C12H8ClFNO2S. The maximum atomic E-state index is 12.7. The largest absolute Gasteiger partial charge is 0.278 e. The summed E-state index contributed by atoms with van der Waals surface area (Å²) in [5.74, 6) is -0.500. The molecule has 3 nitrogen and oxygen atoms in total. The summed E-state index contributed by atoms with van der Waals surface area (Å²) in [6.45, 7) is 0. The van der Waals surface area contributed by atoms with Crippen LogP contribution >= 0.6 is 11.6 Å². The van der Waals surface area contributed by atoms with Crippen LogP contribution in [0.4, 0.5) is 10.1 Å². The molecule has 2 aromatic carbocycles. The lowest BCUT2D eigenvalue weighted by atomic mass is 10.3. The van der Waals surface area contributed by atoms with E-state index in [-0.39, 0.29) is 15.6 Å². The Morgan fingerprint density at radius 2 is 1.83 bits per heavy atom. The van der Waals surface area contributed by atoms with E-state index in [0.717, 1.165) is 12.1 Å². The summed E-state index contributed by atoms with van der Waals surface area (Å²) in [4.78, 5) is -0.0381. The van der Waals surface area contributed by atoms with Gasteiger partial charge in [-0.2, -0.15) is 0 Å². The van der Waals surface area contributed by atoms with Crippen molar-refractivity contribution in [1.29, 1.82) is 0 Å². The minimum absolute atomic E-state index is 0.0381. The fourth-order valence-corrected chi connectivity index (χ4v) is 2.60. The molecule has 0 aliphatic heterocycles. The van der Waals surface area contributed by atoms with Gasteiger partial charge in [-0.15, -0.1) is 0 Å². The lowest BCUT2D eigenvalue weighted by molar-refractivity contribution is 0.599. The number of sulfonamides is 1. The molecule has 6 heteroatoms. The number of hydrogen-bond acceptors (Lipinski definition) is 2. The Morgan fingerprint density at radius 3 is 2.44 bits per heavy atom. The maximum Gasteiger partial charge on any atom is 0.261 e. The first kappa shape index (κ1) is 12.9. The molecule has 18 heavy (non-hydrogen) atoms. The van der Waals surface area contributed by atoms with Gasteiger partial charge in [0.1, 0.15) is 5.82 Å². The molecule has 0 spiro atoms. The second kappa shape index (κ2) is 4.96. The van der Waals surface area contributed by atoms with Crippen LogP contribution in [0.1, 0.15) is 0 Å². The first-order valence-electron chi connectivity index (χ1n) is 4.93. The monoisotopic (exact) mass is 284 g/mol. The molecular weight excluding hydrogens is 277 g/mol. The average Bonchev–Trinajstić information content (AvgIpc) is 2.32. The number of anilines is 1. The van der Waals surface area contributed by atoms with Gasteiger partial charge in [-0.25, -0.2) is 12.8 Å². The van der Waals surface area contributed by atoms with Crippen molar-refractivity contribution in [2.75, 3.05) is 4.72 Å². The molecule has 0 unspecified atom stereocenters. The molecule has 1 N–H and O–H groups in total. The summed E-state index contributed by atoms with van der Waals surface area (Å²) in [7, 11) is -3.77. The molecule has 0 aliphatic carbocycles. The second-order valence-electron chi connectivity index (χ2n) is 3.47. The van der Waals surface area contributed by atoms with Gasteiger partial charge in [-0.1, -0.05) is 17.7 Å². The lowest BCUT2D eigenvalue weighted by Crippen LogP contribution is -2.13. The standard InChI is InChI=1S/C12H8ClFNO2S/c13-11-3-1-2-4-12(11)15-18(16,17)10-7-5-9(14)6-8-10/h1,3-8,15H. The fraction of sp³-hybridized carbons (Fsp3) is 0. The molecule has 2 rings (SSSR count). The molecule has 1 radical (unpaired) electrons. The zero-order valence-corrected chi connectivity index (χ0v) is 10.6. The zero-order valence-electron chi connectivity index (χ0n) is 9.02. The van der Waals surface area contributed by atoms with Gasteiger partial charge >= 0.3 is 0 Å². The molecule has 0 atom stereocenters. The van der Waals surface area contributed by atoms with E-state index in [0.29, 0.717) is 0 Å². The van der Waals surface area contributed by atoms with Gasteiger partial charge in [-0.3, -0.25) is 4.72 Å². The van der Waals surface area contributed by atoms with E-state index in [1.807, 2.05) is 0 Å². The van der Waals surface area contributed by atoms with E-state index in [4.69, 9.17) is 11.6 Å². The number of halogens is 2. The summed E-state index contributed by atoms with van der Waals surface area (Å²) in [6, 6.07) is 11.7. The van der Waals surface area contributed by atoms with Gasteiger partial charge in [0.25, 0.3) is 10.0 Å². The Hall–Kier alpha value is -1.59. The highest BCUT2D eigenvalue weighted by Gasteiger charge is 2.15. The summed E-state index contributed by atoms with van der Waals surface area (Å²) in [6.07, 6.45) is 0. The van der Waals surface area contributed by atoms with Gasteiger partial charge in [0, 0.05) is 0 Å². The molecule has 0 amide bonds. The Morgan fingerprint density at radius 1 is 1.17 bits per heavy atom. The van der Waals surface area contributed by atoms with Crippen LogP contribution in [0.2, 0.25) is 5.02 Å². The predicted molar refractivity (Wildman–Crippen MR) is 67.5 cm³/mol. The van der Waals surface area contributed by atoms with Crippen molar-refractivity contribution in [1.82, 2.24) is 0 Å². The second-order valence-corrected chi connectivity index (χ2v) is 5.55. The molecule has 0 bridgehead atoms. The Kier molecular flexibility index (Phi) is 3.54. The normalized spacial score (nSPS) is 11.2.